The normalized spacial score (nSPS) is 4.62. The molecule has 0 saturated heterocycles. The van der Waals surface area contributed by atoms with Crippen molar-refractivity contribution in [3.05, 3.63) is 0 Å². The summed E-state index contributed by atoms with van der Waals surface area (Å²) in [7, 11) is -18.1. The van der Waals surface area contributed by atoms with E-state index in [0.29, 0.717) is 0 Å². The molecule has 0 fully saturated rings. The van der Waals surface area contributed by atoms with Crippen molar-refractivity contribution in [1.82, 2.24) is 0 Å². The van der Waals surface area contributed by atoms with Crippen LogP contribution in [0.15, 0.2) is 0 Å². The second-order valence-corrected chi connectivity index (χ2v) is 3.75. The summed E-state index contributed by atoms with van der Waals surface area (Å²) in [6.45, 7) is 0. The van der Waals surface area contributed by atoms with Gasteiger partial charge in [0.1, 0.15) is 0 Å². The molecule has 0 spiro atoms. The molecule has 0 amide bonds. The Bertz CT molecular complexity index is 231. The third-order valence-corrected chi connectivity index (χ3v) is 0. The van der Waals surface area contributed by atoms with E-state index in [2.05, 4.69) is 0 Å². The van der Waals surface area contributed by atoms with E-state index < -0.39 is 45.9 Å². The molecule has 0 aromatic carbocycles. The van der Waals surface area contributed by atoms with Crippen molar-refractivity contribution in [3.8, 4) is 0 Å². The minimum Gasteiger partial charge on any atom is -0.672 e. The zero-order valence-electron chi connectivity index (χ0n) is 12.8. The van der Waals surface area contributed by atoms with Gasteiger partial charge in [0.2, 0.25) is 0 Å². The summed E-state index contributed by atoms with van der Waals surface area (Å²) in [4.78, 5) is 85.2. The van der Waals surface area contributed by atoms with E-state index >= 15 is 0 Å². The van der Waals surface area contributed by atoms with E-state index in [1.54, 1.807) is 0 Å². The zero-order valence-corrected chi connectivity index (χ0v) is 23.0. The number of rotatable bonds is 0. The van der Waals surface area contributed by atoms with E-state index in [9.17, 15) is 0 Å². The number of hydrogen-bond donors (Lipinski definition) is 0. The second kappa shape index (κ2) is 63.2. The molecule has 0 aromatic rings. The molecule has 0 heterocycles. The Morgan fingerprint density at radius 3 is 0.346 bits per heavy atom. The third kappa shape index (κ3) is 4660. The number of hydrogen-bond acceptors (Lipinski definition) is 15. The summed E-state index contributed by atoms with van der Waals surface area (Å²) in [5.74, 6) is 0. The van der Waals surface area contributed by atoms with Gasteiger partial charge in [0.25, 0.3) is 0 Å². The van der Waals surface area contributed by atoms with Gasteiger partial charge in [0.05, 0.1) is 0 Å². The Labute approximate surface area is 231 Å². The Kier molecular flexibility index (Phi) is 172. The third-order valence-electron chi connectivity index (χ3n) is 0. The summed E-state index contributed by atoms with van der Waals surface area (Å²) < 4.78 is 42.6. The smallest absolute Gasteiger partial charge is 0.672 e. The van der Waals surface area contributed by atoms with E-state index in [1.165, 1.54) is 0 Å². The van der Waals surface area contributed by atoms with Crippen LogP contribution in [0.25, 0.3) is 0 Å². The molecule has 26 heteroatoms. The molecule has 0 unspecified atom stereocenters. The topological polar surface area (TPSA) is 316 Å². The molecule has 130 valence electrons. The molecule has 0 aliphatic rings. The van der Waals surface area contributed by atoms with Crippen LogP contribution >= 0.6 is 0 Å². The van der Waals surface area contributed by atoms with Gasteiger partial charge in [-0.1, -0.05) is 0 Å². The van der Waals surface area contributed by atoms with Gasteiger partial charge in [-0.2, -0.15) is 0 Å². The molecule has 0 rings (SSSR count). The van der Waals surface area contributed by atoms with Crippen LogP contribution in [-0.4, -0.2) is 92.0 Å². The average molecular weight is 553 g/mol. The largest absolute Gasteiger partial charge is 2.00 e. The van der Waals surface area contributed by atoms with E-state index in [4.69, 9.17) is 70.3 Å². The van der Waals surface area contributed by atoms with Crippen molar-refractivity contribution in [1.29, 1.82) is 0 Å². The van der Waals surface area contributed by atoms with Crippen LogP contribution in [-0.2, 0) is 56.4 Å². The van der Waals surface area contributed by atoms with Gasteiger partial charge in [-0.25, -0.2) is 0 Å². The van der Waals surface area contributed by atoms with Crippen LogP contribution < -0.4 is 85.7 Å². The van der Waals surface area contributed by atoms with Crippen molar-refractivity contribution >= 4 is 92.0 Å². The molecule has 15 nitrogen and oxygen atoms in total. The van der Waals surface area contributed by atoms with Crippen molar-refractivity contribution < 1.29 is 142 Å². The SMILES string of the molecule is O=[Si]([O-])[O-].O=[Si]([O-])[O-].O=[Si]([O-])[O-].O=[Si]([O-])[O-].O=[Si]([O-])[O-].[Li+].[Li+].[Mg+2].[Mg+2].[Mn+2].[Mn+2]. The van der Waals surface area contributed by atoms with Gasteiger partial charge < -0.3 is 70.3 Å². The fraction of sp³-hybridized carbons (Fsp3) is 0. The summed E-state index contributed by atoms with van der Waals surface area (Å²) in [6, 6.07) is 0. The quantitative estimate of drug-likeness (QED) is 0.252. The molecular formula is Li2Mg2Mn2O15Si5. The zero-order chi connectivity index (χ0) is 17.9. The summed E-state index contributed by atoms with van der Waals surface area (Å²) in [5, 5.41) is 0. The average Bonchev–Trinajstić information content (AvgIpc) is 1.94. The van der Waals surface area contributed by atoms with Crippen molar-refractivity contribution in [3.63, 3.8) is 0 Å². The van der Waals surface area contributed by atoms with Crippen LogP contribution in [0.5, 0.6) is 0 Å². The first kappa shape index (κ1) is 70.7. The molecule has 0 atom stereocenters. The minimum atomic E-state index is -3.63. The Balaban J connectivity index is -0.0000000114. The van der Waals surface area contributed by atoms with Crippen LogP contribution in [0.2, 0.25) is 0 Å². The molecule has 2 radical (unpaired) electrons. The first-order valence-electron chi connectivity index (χ1n) is 3.06. The van der Waals surface area contributed by atoms with Gasteiger partial charge in [-0.15, -0.1) is 0 Å². The minimum absolute atomic E-state index is 0. The van der Waals surface area contributed by atoms with Crippen LogP contribution in [0.4, 0.5) is 0 Å². The summed E-state index contributed by atoms with van der Waals surface area (Å²) in [5.41, 5.74) is 0. The first-order valence-corrected chi connectivity index (χ1v) is 9.19. The summed E-state index contributed by atoms with van der Waals surface area (Å²) in [6.07, 6.45) is 0. The van der Waals surface area contributed by atoms with Crippen molar-refractivity contribution in [2.75, 3.05) is 0 Å². The molecule has 0 aliphatic heterocycles. The molecule has 0 saturated carbocycles. The molecule has 0 N–H and O–H groups in total. The van der Waals surface area contributed by atoms with E-state index in [1.807, 2.05) is 0 Å². The van der Waals surface area contributed by atoms with Crippen LogP contribution in [0, 0.1) is 0 Å². The standard InChI is InChI=1S/2Li.2Mg.2Mn.5O3Si/c;;;;;;5*1-4(2)3/q2*+1;4*+2;5*-2. The van der Waals surface area contributed by atoms with Crippen LogP contribution in [0.3, 0.4) is 0 Å². The fourth-order valence-corrected chi connectivity index (χ4v) is 0. The Morgan fingerprint density at radius 1 is 0.346 bits per heavy atom. The Hall–Kier alpha value is 1.85. The first-order chi connectivity index (χ1) is 8.66. The van der Waals surface area contributed by atoms with Gasteiger partial charge >= 0.3 is 118 Å². The maximum absolute atomic E-state index is 8.52. The summed E-state index contributed by atoms with van der Waals surface area (Å²) >= 11 is 0. The van der Waals surface area contributed by atoms with Crippen molar-refractivity contribution in [2.45, 2.75) is 0 Å². The molecular weight excluding hydrogens is 553 g/mol. The Morgan fingerprint density at radius 2 is 0.346 bits per heavy atom. The maximum atomic E-state index is 8.52. The van der Waals surface area contributed by atoms with Gasteiger partial charge in [0, 0.05) is 45.9 Å². The molecule has 0 aromatic heterocycles. The fourth-order valence-electron chi connectivity index (χ4n) is 0. The second-order valence-electron chi connectivity index (χ2n) is 1.25. The predicted octanol–water partition coefficient (Wildman–Crippen LogP) is -21.1. The molecule has 0 aliphatic carbocycles. The monoisotopic (exact) mass is 552 g/mol. The molecule has 0 bridgehead atoms. The van der Waals surface area contributed by atoms with Gasteiger partial charge in [-0.3, -0.25) is 0 Å². The molecule has 26 heavy (non-hydrogen) atoms. The van der Waals surface area contributed by atoms with Gasteiger partial charge in [-0.05, 0) is 0 Å². The predicted molar refractivity (Wildman–Crippen MR) is 43.7 cm³/mol. The van der Waals surface area contributed by atoms with E-state index in [0.717, 1.165) is 0 Å². The van der Waals surface area contributed by atoms with Crippen LogP contribution in [0.1, 0.15) is 0 Å². The van der Waals surface area contributed by atoms with Gasteiger partial charge in [0.15, 0.2) is 0 Å². The van der Waals surface area contributed by atoms with Crippen molar-refractivity contribution in [2.24, 2.45) is 0 Å². The van der Waals surface area contributed by atoms with E-state index in [-0.39, 0.29) is 118 Å². The maximum Gasteiger partial charge on any atom is 2.00 e.